The predicted octanol–water partition coefficient (Wildman–Crippen LogP) is 3.32. The lowest BCUT2D eigenvalue weighted by molar-refractivity contribution is -0.141. The number of carboxylic acid groups (broad SMARTS) is 1. The highest BCUT2D eigenvalue weighted by Crippen LogP contribution is 2.55. The topological polar surface area (TPSA) is 66.4 Å². The molecule has 3 atom stereocenters. The molecule has 1 aromatic rings. The minimum atomic E-state index is -0.784. The van der Waals surface area contributed by atoms with Crippen molar-refractivity contribution in [3.8, 4) is 0 Å². The van der Waals surface area contributed by atoms with Crippen molar-refractivity contribution < 1.29 is 14.7 Å². The first-order valence-corrected chi connectivity index (χ1v) is 8.19. The Morgan fingerprint density at radius 3 is 2.32 bits per heavy atom. The van der Waals surface area contributed by atoms with Crippen molar-refractivity contribution in [1.82, 2.24) is 0 Å². The fraction of sp³-hybridized carbons (Fsp3) is 0.556. The van der Waals surface area contributed by atoms with Crippen LogP contribution in [0.1, 0.15) is 38.2 Å². The average Bonchev–Trinajstić information content (AvgIpc) is 3.23. The van der Waals surface area contributed by atoms with E-state index >= 15 is 0 Å². The molecule has 4 heteroatoms. The van der Waals surface area contributed by atoms with Gasteiger partial charge in [0.2, 0.25) is 5.91 Å². The van der Waals surface area contributed by atoms with E-state index in [1.165, 1.54) is 25.7 Å². The molecule has 2 aliphatic carbocycles. The van der Waals surface area contributed by atoms with E-state index in [1.54, 1.807) is 6.92 Å². The highest BCUT2D eigenvalue weighted by molar-refractivity contribution is 5.94. The van der Waals surface area contributed by atoms with Gasteiger partial charge >= 0.3 is 5.97 Å². The van der Waals surface area contributed by atoms with Crippen LogP contribution in [0.25, 0.3) is 0 Å². The molecule has 0 bridgehead atoms. The van der Waals surface area contributed by atoms with Gasteiger partial charge in [0.1, 0.15) is 0 Å². The van der Waals surface area contributed by atoms with E-state index in [0.717, 1.165) is 11.3 Å². The number of carbonyl (C=O) groups is 2. The minimum Gasteiger partial charge on any atom is -0.481 e. The normalized spacial score (nSPS) is 27.6. The van der Waals surface area contributed by atoms with Crippen molar-refractivity contribution in [2.45, 2.75) is 39.0 Å². The van der Waals surface area contributed by atoms with Gasteiger partial charge in [0.25, 0.3) is 0 Å². The molecule has 22 heavy (non-hydrogen) atoms. The molecule has 2 fully saturated rings. The molecule has 1 aromatic carbocycles. The number of aliphatic carboxylic acids is 1. The van der Waals surface area contributed by atoms with Gasteiger partial charge in [-0.3, -0.25) is 9.59 Å². The molecule has 2 saturated carbocycles. The Hall–Kier alpha value is -1.84. The Morgan fingerprint density at radius 2 is 1.77 bits per heavy atom. The van der Waals surface area contributed by atoms with E-state index in [9.17, 15) is 9.59 Å². The van der Waals surface area contributed by atoms with Crippen LogP contribution in [0.2, 0.25) is 0 Å². The maximum absolute atomic E-state index is 12.3. The van der Waals surface area contributed by atoms with Crippen LogP contribution < -0.4 is 5.32 Å². The van der Waals surface area contributed by atoms with Crippen LogP contribution in [0.15, 0.2) is 24.3 Å². The quantitative estimate of drug-likeness (QED) is 0.876. The standard InChI is InChI=1S/C18H23NO3/c1-11(18(21)22)10-12-6-8-13(9-7-12)19-17(20)16-14-4-2-3-5-15(14)16/h6-9,11,14-16H,2-5,10H2,1H3,(H,19,20)(H,21,22). The number of fused-ring (bicyclic) bond motifs is 1. The first-order valence-electron chi connectivity index (χ1n) is 8.19. The van der Waals surface area contributed by atoms with Gasteiger partial charge in [-0.1, -0.05) is 31.9 Å². The lowest BCUT2D eigenvalue weighted by atomic mass is 10.0. The van der Waals surface area contributed by atoms with Crippen molar-refractivity contribution in [2.75, 3.05) is 5.32 Å². The average molecular weight is 301 g/mol. The first-order chi connectivity index (χ1) is 10.6. The van der Waals surface area contributed by atoms with E-state index in [1.807, 2.05) is 24.3 Å². The van der Waals surface area contributed by atoms with E-state index < -0.39 is 11.9 Å². The van der Waals surface area contributed by atoms with Gasteiger partial charge in [-0.25, -0.2) is 0 Å². The van der Waals surface area contributed by atoms with Gasteiger partial charge < -0.3 is 10.4 Å². The van der Waals surface area contributed by atoms with Crippen LogP contribution in [0, 0.1) is 23.7 Å². The number of carbonyl (C=O) groups excluding carboxylic acids is 1. The van der Waals surface area contributed by atoms with Crippen molar-refractivity contribution >= 4 is 17.6 Å². The summed E-state index contributed by atoms with van der Waals surface area (Å²) in [6.45, 7) is 1.70. The lowest BCUT2D eigenvalue weighted by Crippen LogP contribution is -2.15. The van der Waals surface area contributed by atoms with Crippen LogP contribution in [-0.4, -0.2) is 17.0 Å². The Morgan fingerprint density at radius 1 is 1.18 bits per heavy atom. The molecule has 0 aromatic heterocycles. The summed E-state index contributed by atoms with van der Waals surface area (Å²) >= 11 is 0. The van der Waals surface area contributed by atoms with Gasteiger partial charge in [-0.05, 0) is 48.8 Å². The van der Waals surface area contributed by atoms with E-state index in [4.69, 9.17) is 5.11 Å². The predicted molar refractivity (Wildman–Crippen MR) is 84.5 cm³/mol. The zero-order valence-corrected chi connectivity index (χ0v) is 12.9. The Bertz CT molecular complexity index is 554. The van der Waals surface area contributed by atoms with Crippen molar-refractivity contribution in [3.63, 3.8) is 0 Å². The third-order valence-corrected chi connectivity index (χ3v) is 5.14. The number of amides is 1. The largest absolute Gasteiger partial charge is 0.481 e. The van der Waals surface area contributed by atoms with E-state index in [2.05, 4.69) is 5.32 Å². The summed E-state index contributed by atoms with van der Waals surface area (Å²) in [5, 5.41) is 11.9. The van der Waals surface area contributed by atoms with Crippen molar-refractivity contribution in [1.29, 1.82) is 0 Å². The van der Waals surface area contributed by atoms with Gasteiger partial charge in [0, 0.05) is 11.6 Å². The molecule has 4 nitrogen and oxygen atoms in total. The van der Waals surface area contributed by atoms with Crippen LogP contribution in [0.3, 0.4) is 0 Å². The second-order valence-corrected chi connectivity index (χ2v) is 6.77. The number of anilines is 1. The second kappa shape index (κ2) is 6.11. The smallest absolute Gasteiger partial charge is 0.306 e. The SMILES string of the molecule is CC(Cc1ccc(NC(=O)C2C3CCCCC32)cc1)C(=O)O. The van der Waals surface area contributed by atoms with E-state index in [0.29, 0.717) is 18.3 Å². The van der Waals surface area contributed by atoms with Gasteiger partial charge in [-0.15, -0.1) is 0 Å². The lowest BCUT2D eigenvalue weighted by Gasteiger charge is -2.08. The monoisotopic (exact) mass is 301 g/mol. The molecule has 0 heterocycles. The van der Waals surface area contributed by atoms with Crippen LogP contribution in [-0.2, 0) is 16.0 Å². The molecule has 0 aliphatic heterocycles. The van der Waals surface area contributed by atoms with Gasteiger partial charge in [0.05, 0.1) is 5.92 Å². The number of hydrogen-bond donors (Lipinski definition) is 2. The molecule has 118 valence electrons. The zero-order chi connectivity index (χ0) is 15.7. The van der Waals surface area contributed by atoms with Crippen molar-refractivity contribution in [2.24, 2.45) is 23.7 Å². The number of rotatable bonds is 5. The number of nitrogens with one attached hydrogen (secondary N) is 1. The fourth-order valence-corrected chi connectivity index (χ4v) is 3.77. The third kappa shape index (κ3) is 3.16. The Balaban J connectivity index is 1.55. The van der Waals surface area contributed by atoms with Crippen LogP contribution >= 0.6 is 0 Å². The minimum absolute atomic E-state index is 0.156. The van der Waals surface area contributed by atoms with Crippen molar-refractivity contribution in [3.05, 3.63) is 29.8 Å². The van der Waals surface area contributed by atoms with Crippen LogP contribution in [0.5, 0.6) is 0 Å². The summed E-state index contributed by atoms with van der Waals surface area (Å²) in [5.41, 5.74) is 1.79. The highest BCUT2D eigenvalue weighted by Gasteiger charge is 2.54. The molecule has 1 amide bonds. The molecule has 0 saturated heterocycles. The number of hydrogen-bond acceptors (Lipinski definition) is 2. The molecule has 2 N–H and O–H groups in total. The fourth-order valence-electron chi connectivity index (χ4n) is 3.77. The van der Waals surface area contributed by atoms with Gasteiger partial charge in [0.15, 0.2) is 0 Å². The first kappa shape index (κ1) is 15.1. The molecule has 0 spiro atoms. The summed E-state index contributed by atoms with van der Waals surface area (Å²) in [6, 6.07) is 7.53. The third-order valence-electron chi connectivity index (χ3n) is 5.14. The molecule has 3 unspecified atom stereocenters. The highest BCUT2D eigenvalue weighted by atomic mass is 16.4. The van der Waals surface area contributed by atoms with Crippen LogP contribution in [0.4, 0.5) is 5.69 Å². The summed E-state index contributed by atoms with van der Waals surface area (Å²) in [4.78, 5) is 23.2. The Labute approximate surface area is 130 Å². The van der Waals surface area contributed by atoms with E-state index in [-0.39, 0.29) is 11.8 Å². The second-order valence-electron chi connectivity index (χ2n) is 6.77. The molecule has 3 rings (SSSR count). The number of carboxylic acids is 1. The summed E-state index contributed by atoms with van der Waals surface area (Å²) in [7, 11) is 0. The summed E-state index contributed by atoms with van der Waals surface area (Å²) in [5.74, 6) is 0.426. The summed E-state index contributed by atoms with van der Waals surface area (Å²) in [6.07, 6.45) is 5.45. The zero-order valence-electron chi connectivity index (χ0n) is 12.9. The van der Waals surface area contributed by atoms with Gasteiger partial charge in [-0.2, -0.15) is 0 Å². The molecular weight excluding hydrogens is 278 g/mol. The number of benzene rings is 1. The maximum atomic E-state index is 12.3. The molecule has 2 aliphatic rings. The molecular formula is C18H23NO3. The summed E-state index contributed by atoms with van der Waals surface area (Å²) < 4.78 is 0. The Kier molecular flexibility index (Phi) is 4.19. The maximum Gasteiger partial charge on any atom is 0.306 e. The molecule has 0 radical (unpaired) electrons.